The van der Waals surface area contributed by atoms with Gasteiger partial charge in [-0.05, 0) is 55.8 Å². The Bertz CT molecular complexity index is 698. The van der Waals surface area contributed by atoms with E-state index in [2.05, 4.69) is 41.4 Å². The molecule has 0 saturated carbocycles. The Morgan fingerprint density at radius 1 is 1.18 bits per heavy atom. The van der Waals surface area contributed by atoms with E-state index in [1.165, 1.54) is 18.1 Å². The number of carbonyl (C=O) groups is 2. The Kier molecular flexibility index (Phi) is 6.73. The summed E-state index contributed by atoms with van der Waals surface area (Å²) in [4.78, 5) is 27.7. The van der Waals surface area contributed by atoms with Crippen LogP contribution in [0.4, 0.5) is 0 Å². The fourth-order valence-electron chi connectivity index (χ4n) is 4.75. The Hall–Kier alpha value is -1.92. The highest BCUT2D eigenvalue weighted by molar-refractivity contribution is 5.83. The van der Waals surface area contributed by atoms with Gasteiger partial charge in [-0.1, -0.05) is 24.3 Å². The van der Waals surface area contributed by atoms with Gasteiger partial charge in [-0.15, -0.1) is 0 Å². The predicted molar refractivity (Wildman–Crippen MR) is 109 cm³/mol. The summed E-state index contributed by atoms with van der Waals surface area (Å²) in [6.07, 6.45) is 3.07. The van der Waals surface area contributed by atoms with Gasteiger partial charge in [0.2, 0.25) is 11.8 Å². The third-order valence-corrected chi connectivity index (χ3v) is 6.76. The summed E-state index contributed by atoms with van der Waals surface area (Å²) in [5.74, 6) is -0.134. The second kappa shape index (κ2) is 9.05. The lowest BCUT2D eigenvalue weighted by Gasteiger charge is -2.51. The Morgan fingerprint density at radius 2 is 1.86 bits per heavy atom. The van der Waals surface area contributed by atoms with Gasteiger partial charge < -0.3 is 15.3 Å². The maximum atomic E-state index is 12.3. The second-order valence-electron chi connectivity index (χ2n) is 8.44. The summed E-state index contributed by atoms with van der Waals surface area (Å²) in [5.41, 5.74) is 2.85. The third-order valence-electron chi connectivity index (χ3n) is 6.76. The van der Waals surface area contributed by atoms with Crippen molar-refractivity contribution in [3.05, 3.63) is 35.4 Å². The topological polar surface area (TPSA) is 72.9 Å². The first-order valence-corrected chi connectivity index (χ1v) is 10.3. The number of carbonyl (C=O) groups excluding carboxylic acids is 2. The summed E-state index contributed by atoms with van der Waals surface area (Å²) < 4.78 is 0. The van der Waals surface area contributed by atoms with Crippen LogP contribution in [0.25, 0.3) is 0 Å². The first-order chi connectivity index (χ1) is 13.4. The summed E-state index contributed by atoms with van der Waals surface area (Å²) in [6.45, 7) is 8.09. The molecule has 0 aliphatic carbocycles. The largest absolute Gasteiger partial charge is 0.396 e. The van der Waals surface area contributed by atoms with Crippen molar-refractivity contribution >= 4 is 11.8 Å². The number of piperidine rings is 2. The molecule has 28 heavy (non-hydrogen) atoms. The standard InChI is InChI=1S/C22H33N3O3/c1-17-5-3-4-6-19(17)14-24-10-7-22(8-11-24)9-12-25(15-20(22)16-26)21(28)13-23-18(2)27/h3-6,20,26H,7-16H2,1-2H3,(H,23,27)/t20-/m0/s1. The van der Waals surface area contributed by atoms with Crippen molar-refractivity contribution in [3.8, 4) is 0 Å². The summed E-state index contributed by atoms with van der Waals surface area (Å²) in [5, 5.41) is 12.6. The molecular formula is C22H33N3O3. The summed E-state index contributed by atoms with van der Waals surface area (Å²) in [6, 6.07) is 8.55. The molecule has 1 atom stereocenters. The van der Waals surface area contributed by atoms with Crippen LogP contribution in [-0.4, -0.2) is 66.1 Å². The lowest BCUT2D eigenvalue weighted by Crippen LogP contribution is -2.55. The molecule has 2 heterocycles. The molecule has 154 valence electrons. The summed E-state index contributed by atoms with van der Waals surface area (Å²) >= 11 is 0. The van der Waals surface area contributed by atoms with Crippen LogP contribution in [0.1, 0.15) is 37.3 Å². The van der Waals surface area contributed by atoms with Crippen molar-refractivity contribution in [2.24, 2.45) is 11.3 Å². The van der Waals surface area contributed by atoms with Gasteiger partial charge in [0.05, 0.1) is 6.54 Å². The van der Waals surface area contributed by atoms with Crippen LogP contribution in [-0.2, 0) is 16.1 Å². The number of hydrogen-bond acceptors (Lipinski definition) is 4. The van der Waals surface area contributed by atoms with E-state index in [1.54, 1.807) is 0 Å². The number of benzene rings is 1. The van der Waals surface area contributed by atoms with Crippen molar-refractivity contribution in [3.63, 3.8) is 0 Å². The number of rotatable bonds is 5. The maximum absolute atomic E-state index is 12.3. The molecule has 0 radical (unpaired) electrons. The smallest absolute Gasteiger partial charge is 0.241 e. The summed E-state index contributed by atoms with van der Waals surface area (Å²) in [7, 11) is 0. The zero-order valence-corrected chi connectivity index (χ0v) is 17.1. The van der Waals surface area contributed by atoms with Crippen molar-refractivity contribution < 1.29 is 14.7 Å². The number of nitrogens with zero attached hydrogens (tertiary/aromatic N) is 2. The second-order valence-corrected chi connectivity index (χ2v) is 8.44. The molecule has 1 spiro atoms. The van der Waals surface area contributed by atoms with Crippen molar-refractivity contribution in [2.75, 3.05) is 39.3 Å². The normalized spacial score (nSPS) is 22.2. The number of aliphatic hydroxyl groups excluding tert-OH is 1. The first-order valence-electron chi connectivity index (χ1n) is 10.3. The molecule has 0 unspecified atom stereocenters. The van der Waals surface area contributed by atoms with E-state index >= 15 is 0 Å². The molecule has 0 aromatic heterocycles. The minimum atomic E-state index is -0.193. The number of aliphatic hydroxyl groups is 1. The molecule has 1 aromatic rings. The van der Waals surface area contributed by atoms with Crippen LogP contribution in [0.3, 0.4) is 0 Å². The first kappa shape index (κ1) is 20.8. The SMILES string of the molecule is CC(=O)NCC(=O)N1CCC2(CCN(Cc3ccccc3C)CC2)[C@H](CO)C1. The van der Waals surface area contributed by atoms with Crippen molar-refractivity contribution in [1.29, 1.82) is 0 Å². The van der Waals surface area contributed by atoms with Gasteiger partial charge in [-0.25, -0.2) is 0 Å². The third kappa shape index (κ3) is 4.73. The average molecular weight is 388 g/mol. The predicted octanol–water partition coefficient (Wildman–Crippen LogP) is 1.55. The minimum absolute atomic E-state index is 0.0463. The average Bonchev–Trinajstić information content (AvgIpc) is 2.70. The Balaban J connectivity index is 1.56. The minimum Gasteiger partial charge on any atom is -0.396 e. The molecule has 2 aliphatic rings. The van der Waals surface area contributed by atoms with Crippen LogP contribution in [0.15, 0.2) is 24.3 Å². The van der Waals surface area contributed by atoms with Crippen LogP contribution in [0.2, 0.25) is 0 Å². The maximum Gasteiger partial charge on any atom is 0.241 e. The molecule has 6 heteroatoms. The lowest BCUT2D eigenvalue weighted by atomic mass is 9.64. The van der Waals surface area contributed by atoms with Gasteiger partial charge in [-0.3, -0.25) is 14.5 Å². The van der Waals surface area contributed by atoms with Gasteiger partial charge >= 0.3 is 0 Å². The van der Waals surface area contributed by atoms with Crippen LogP contribution in [0.5, 0.6) is 0 Å². The van der Waals surface area contributed by atoms with Crippen LogP contribution >= 0.6 is 0 Å². The number of nitrogens with one attached hydrogen (secondary N) is 1. The van der Waals surface area contributed by atoms with Crippen molar-refractivity contribution in [1.82, 2.24) is 15.1 Å². The zero-order chi connectivity index (χ0) is 20.1. The molecule has 2 amide bonds. The highest BCUT2D eigenvalue weighted by Crippen LogP contribution is 2.45. The van der Waals surface area contributed by atoms with Crippen LogP contribution < -0.4 is 5.32 Å². The van der Waals surface area contributed by atoms with Crippen molar-refractivity contribution in [2.45, 2.75) is 39.7 Å². The van der Waals surface area contributed by atoms with E-state index in [-0.39, 0.29) is 36.3 Å². The lowest BCUT2D eigenvalue weighted by molar-refractivity contribution is -0.138. The van der Waals surface area contributed by atoms with Gasteiger partial charge in [0.25, 0.3) is 0 Å². The molecule has 0 bridgehead atoms. The molecule has 2 fully saturated rings. The highest BCUT2D eigenvalue weighted by Gasteiger charge is 2.45. The quantitative estimate of drug-likeness (QED) is 0.804. The van der Waals surface area contributed by atoms with E-state index in [4.69, 9.17) is 0 Å². The van der Waals surface area contributed by atoms with E-state index in [1.807, 2.05) is 4.90 Å². The molecule has 2 saturated heterocycles. The zero-order valence-electron chi connectivity index (χ0n) is 17.1. The monoisotopic (exact) mass is 387 g/mol. The fraction of sp³-hybridized carbons (Fsp3) is 0.636. The van der Waals surface area contributed by atoms with Crippen LogP contribution in [0, 0.1) is 18.3 Å². The molecule has 1 aromatic carbocycles. The van der Waals surface area contributed by atoms with E-state index < -0.39 is 0 Å². The Labute approximate surface area is 167 Å². The van der Waals surface area contributed by atoms with Gasteiger partial charge in [-0.2, -0.15) is 0 Å². The van der Waals surface area contributed by atoms with Gasteiger partial charge in [0.15, 0.2) is 0 Å². The fourth-order valence-corrected chi connectivity index (χ4v) is 4.75. The molecule has 2 aliphatic heterocycles. The number of aryl methyl sites for hydroxylation is 1. The van der Waals surface area contributed by atoms with E-state index in [0.717, 1.165) is 38.9 Å². The molecule has 3 rings (SSSR count). The number of amides is 2. The molecular weight excluding hydrogens is 354 g/mol. The van der Waals surface area contributed by atoms with E-state index in [9.17, 15) is 14.7 Å². The van der Waals surface area contributed by atoms with Gasteiger partial charge in [0.1, 0.15) is 0 Å². The molecule has 2 N–H and O–H groups in total. The van der Waals surface area contributed by atoms with Gasteiger partial charge in [0, 0.05) is 39.1 Å². The highest BCUT2D eigenvalue weighted by atomic mass is 16.3. The number of likely N-dealkylation sites (tertiary alicyclic amines) is 2. The molecule has 6 nitrogen and oxygen atoms in total. The Morgan fingerprint density at radius 3 is 2.50 bits per heavy atom. The number of hydrogen-bond donors (Lipinski definition) is 2. The van der Waals surface area contributed by atoms with E-state index in [0.29, 0.717) is 13.1 Å².